The van der Waals surface area contributed by atoms with Crippen molar-refractivity contribution in [3.05, 3.63) is 77.9 Å². The minimum absolute atomic E-state index is 0.104. The number of hydrogen-bond donors (Lipinski definition) is 2. The molecule has 0 bridgehead atoms. The normalized spacial score (nSPS) is 12.1. The van der Waals surface area contributed by atoms with Crippen LogP contribution in [0.25, 0.3) is 0 Å². The zero-order valence-electron chi connectivity index (χ0n) is 16.7. The number of halogens is 4. The number of benzene rings is 3. The van der Waals surface area contributed by atoms with E-state index in [2.05, 4.69) is 9.44 Å². The first-order valence-corrected chi connectivity index (χ1v) is 12.9. The first-order valence-electron chi connectivity index (χ1n) is 9.03. The zero-order valence-corrected chi connectivity index (χ0v) is 19.2. The van der Waals surface area contributed by atoms with E-state index in [0.717, 1.165) is 18.2 Å². The average Bonchev–Trinajstić information content (AvgIpc) is 2.69. The Hall–Kier alpha value is -2.77. The highest BCUT2D eigenvalue weighted by molar-refractivity contribution is 7.99. The van der Waals surface area contributed by atoms with Crippen LogP contribution in [0.1, 0.15) is 5.56 Å². The second kappa shape index (κ2) is 9.61. The van der Waals surface area contributed by atoms with Crippen molar-refractivity contribution < 1.29 is 34.4 Å². The quantitative estimate of drug-likeness (QED) is 0.315. The molecule has 0 aromatic heterocycles. The lowest BCUT2D eigenvalue weighted by Gasteiger charge is -2.14. The van der Waals surface area contributed by atoms with E-state index in [1.807, 2.05) is 0 Å². The van der Waals surface area contributed by atoms with Crippen LogP contribution in [0.4, 0.5) is 28.9 Å². The van der Waals surface area contributed by atoms with Gasteiger partial charge in [0.15, 0.2) is 0 Å². The Morgan fingerprint density at radius 3 is 1.94 bits per heavy atom. The summed E-state index contributed by atoms with van der Waals surface area (Å²) in [5, 5.41) is 0. The fourth-order valence-electron chi connectivity index (χ4n) is 2.77. The van der Waals surface area contributed by atoms with Crippen LogP contribution in [-0.2, 0) is 20.0 Å². The summed E-state index contributed by atoms with van der Waals surface area (Å²) in [5.41, 5.74) is 0.212. The Morgan fingerprint density at radius 2 is 1.33 bits per heavy atom. The average molecular weight is 521 g/mol. The standard InChI is InChI=1S/C20H16F4N2O4S3/c1-12-2-4-15(26-32(27,28)18-9-3-13(21)10-17(18)22)11-19(12)33(29,30)25-14-5-7-16(8-6-14)31-20(23)24/h2-11,20,25-26H,1H3. The smallest absolute Gasteiger partial charge is 0.280 e. The maximum atomic E-state index is 13.9. The van der Waals surface area contributed by atoms with Gasteiger partial charge >= 0.3 is 0 Å². The van der Waals surface area contributed by atoms with E-state index in [4.69, 9.17) is 0 Å². The molecular formula is C20H16F4N2O4S3. The molecule has 3 aromatic carbocycles. The van der Waals surface area contributed by atoms with Gasteiger partial charge in [0.1, 0.15) is 16.5 Å². The molecule has 0 amide bonds. The summed E-state index contributed by atoms with van der Waals surface area (Å²) < 4.78 is 107. The molecule has 0 atom stereocenters. The van der Waals surface area contributed by atoms with Gasteiger partial charge < -0.3 is 0 Å². The molecule has 0 heterocycles. The summed E-state index contributed by atoms with van der Waals surface area (Å²) in [5.74, 6) is -4.88. The van der Waals surface area contributed by atoms with E-state index in [0.29, 0.717) is 17.8 Å². The van der Waals surface area contributed by atoms with Crippen molar-refractivity contribution in [2.45, 2.75) is 27.4 Å². The van der Waals surface area contributed by atoms with Crippen LogP contribution in [0.2, 0.25) is 0 Å². The molecule has 0 aliphatic carbocycles. The minimum Gasteiger partial charge on any atom is -0.280 e. The van der Waals surface area contributed by atoms with Crippen LogP contribution < -0.4 is 9.44 Å². The minimum atomic E-state index is -4.48. The van der Waals surface area contributed by atoms with Crippen LogP contribution >= 0.6 is 11.8 Å². The van der Waals surface area contributed by atoms with E-state index in [1.54, 1.807) is 0 Å². The van der Waals surface area contributed by atoms with Crippen molar-refractivity contribution >= 4 is 43.2 Å². The predicted octanol–water partition coefficient (Wildman–Crippen LogP) is 5.19. The van der Waals surface area contributed by atoms with Gasteiger partial charge in [0.25, 0.3) is 25.8 Å². The van der Waals surface area contributed by atoms with Gasteiger partial charge in [0.05, 0.1) is 10.6 Å². The maximum Gasteiger partial charge on any atom is 0.288 e. The molecule has 0 saturated carbocycles. The first kappa shape index (κ1) is 24.9. The molecule has 0 fully saturated rings. The molecule has 0 radical (unpaired) electrons. The third-order valence-electron chi connectivity index (χ3n) is 4.25. The molecule has 0 aliphatic heterocycles. The highest BCUT2D eigenvalue weighted by Crippen LogP contribution is 2.28. The van der Waals surface area contributed by atoms with Gasteiger partial charge in [-0.3, -0.25) is 9.44 Å². The second-order valence-corrected chi connectivity index (χ2v) is 11.0. The molecule has 3 aromatic rings. The molecule has 2 N–H and O–H groups in total. The van der Waals surface area contributed by atoms with Crippen molar-refractivity contribution in [2.75, 3.05) is 9.44 Å². The molecular weight excluding hydrogens is 504 g/mol. The maximum absolute atomic E-state index is 13.9. The molecule has 3 rings (SSSR count). The summed E-state index contributed by atoms with van der Waals surface area (Å²) in [6.07, 6.45) is 0. The van der Waals surface area contributed by atoms with E-state index < -0.39 is 42.3 Å². The number of anilines is 2. The lowest BCUT2D eigenvalue weighted by atomic mass is 10.2. The van der Waals surface area contributed by atoms with Crippen LogP contribution in [0, 0.1) is 18.6 Å². The Balaban J connectivity index is 1.87. The zero-order chi connectivity index (χ0) is 24.4. The highest BCUT2D eigenvalue weighted by atomic mass is 32.2. The monoisotopic (exact) mass is 520 g/mol. The lowest BCUT2D eigenvalue weighted by molar-refractivity contribution is 0.252. The topological polar surface area (TPSA) is 92.3 Å². The van der Waals surface area contributed by atoms with Gasteiger partial charge in [-0.1, -0.05) is 17.8 Å². The Labute approximate surface area is 192 Å². The number of nitrogens with one attached hydrogen (secondary N) is 2. The van der Waals surface area contributed by atoms with E-state index in [-0.39, 0.29) is 26.7 Å². The van der Waals surface area contributed by atoms with E-state index in [1.165, 1.54) is 43.3 Å². The molecule has 0 unspecified atom stereocenters. The van der Waals surface area contributed by atoms with Crippen molar-refractivity contribution in [3.63, 3.8) is 0 Å². The third kappa shape index (κ3) is 6.18. The number of alkyl halides is 2. The Bertz CT molecular complexity index is 1380. The van der Waals surface area contributed by atoms with Crippen LogP contribution in [0.3, 0.4) is 0 Å². The predicted molar refractivity (Wildman–Crippen MR) is 117 cm³/mol. The third-order valence-corrected chi connectivity index (χ3v) is 7.91. The number of sulfonamides is 2. The van der Waals surface area contributed by atoms with Crippen molar-refractivity contribution in [3.8, 4) is 0 Å². The van der Waals surface area contributed by atoms with Gasteiger partial charge in [0, 0.05) is 16.6 Å². The van der Waals surface area contributed by atoms with Crippen LogP contribution in [0.5, 0.6) is 0 Å². The fraction of sp³-hybridized carbons (Fsp3) is 0.100. The number of thioether (sulfide) groups is 1. The molecule has 176 valence electrons. The number of hydrogen-bond acceptors (Lipinski definition) is 5. The Morgan fingerprint density at radius 1 is 0.758 bits per heavy atom. The summed E-state index contributed by atoms with van der Waals surface area (Å²) in [6.45, 7) is 1.48. The summed E-state index contributed by atoms with van der Waals surface area (Å²) in [7, 11) is -8.68. The molecule has 0 saturated heterocycles. The second-order valence-electron chi connectivity index (χ2n) is 6.67. The van der Waals surface area contributed by atoms with Gasteiger partial charge in [-0.05, 0) is 61.0 Å². The van der Waals surface area contributed by atoms with Gasteiger partial charge in [-0.2, -0.15) is 8.78 Å². The van der Waals surface area contributed by atoms with Gasteiger partial charge in [-0.15, -0.1) is 0 Å². The molecule has 0 spiro atoms. The van der Waals surface area contributed by atoms with Crippen molar-refractivity contribution in [1.29, 1.82) is 0 Å². The first-order chi connectivity index (χ1) is 15.4. The van der Waals surface area contributed by atoms with E-state index >= 15 is 0 Å². The Kier molecular flexibility index (Phi) is 7.24. The summed E-state index contributed by atoms with van der Waals surface area (Å²) in [6, 6.07) is 10.9. The molecule has 33 heavy (non-hydrogen) atoms. The molecule has 13 heteroatoms. The van der Waals surface area contributed by atoms with Gasteiger partial charge in [0.2, 0.25) is 0 Å². The number of aryl methyl sites for hydroxylation is 1. The molecule has 6 nitrogen and oxygen atoms in total. The highest BCUT2D eigenvalue weighted by Gasteiger charge is 2.22. The SMILES string of the molecule is Cc1ccc(NS(=O)(=O)c2ccc(F)cc2F)cc1S(=O)(=O)Nc1ccc(SC(F)F)cc1. The largest absolute Gasteiger partial charge is 0.288 e. The van der Waals surface area contributed by atoms with Crippen LogP contribution in [-0.4, -0.2) is 22.6 Å². The summed E-state index contributed by atoms with van der Waals surface area (Å²) >= 11 is 0.308. The van der Waals surface area contributed by atoms with Crippen LogP contribution in [0.15, 0.2) is 75.4 Å². The fourth-order valence-corrected chi connectivity index (χ4v) is 5.71. The molecule has 0 aliphatic rings. The van der Waals surface area contributed by atoms with Crippen molar-refractivity contribution in [2.24, 2.45) is 0 Å². The summed E-state index contributed by atoms with van der Waals surface area (Å²) in [4.78, 5) is -0.837. The van der Waals surface area contributed by atoms with Crippen molar-refractivity contribution in [1.82, 2.24) is 0 Å². The lowest BCUT2D eigenvalue weighted by Crippen LogP contribution is -2.17. The van der Waals surface area contributed by atoms with Gasteiger partial charge in [-0.25, -0.2) is 25.6 Å². The number of rotatable bonds is 8. The van der Waals surface area contributed by atoms with E-state index in [9.17, 15) is 34.4 Å².